The van der Waals surface area contributed by atoms with Gasteiger partial charge < -0.3 is 4.74 Å². The van der Waals surface area contributed by atoms with Crippen LogP contribution in [0, 0.1) is 0 Å². The molecule has 0 aliphatic heterocycles. The number of hydrogen-bond donors (Lipinski definition) is 0. The largest absolute Gasteiger partial charge is 0.456 e. The lowest BCUT2D eigenvalue weighted by Gasteiger charge is -2.21. The lowest BCUT2D eigenvalue weighted by molar-refractivity contribution is 0.00683. The lowest BCUT2D eigenvalue weighted by atomic mass is 9.96. The Morgan fingerprint density at radius 2 is 1.60 bits per heavy atom. The molecule has 0 saturated carbocycles. The molecule has 0 unspecified atom stereocenters. The first-order chi connectivity index (χ1) is 12.3. The van der Waals surface area contributed by atoms with Crippen LogP contribution in [0.15, 0.2) is 18.2 Å². The van der Waals surface area contributed by atoms with Crippen LogP contribution in [0.1, 0.15) is 109 Å². The van der Waals surface area contributed by atoms with Crippen molar-refractivity contribution < 1.29 is 10.9 Å². The minimum absolute atomic E-state index is 0.317. The molecule has 0 spiro atoms. The van der Waals surface area contributed by atoms with E-state index in [0.717, 1.165) is 37.7 Å². The topological polar surface area (TPSA) is 26.3 Å². The molecule has 0 saturated heterocycles. The SMILES string of the molecule is [2H]c1cc(CCCCCC)cc(CCCCCC)c1C(=O)OC(C)(C)C. The Bertz CT molecular complexity index is 558. The van der Waals surface area contributed by atoms with Gasteiger partial charge in [-0.2, -0.15) is 0 Å². The monoisotopic (exact) mass is 347 g/mol. The number of carbonyl (C=O) groups excluding carboxylic acids is 1. The molecule has 0 atom stereocenters. The number of hydrogen-bond acceptors (Lipinski definition) is 2. The number of rotatable bonds is 11. The molecule has 0 radical (unpaired) electrons. The zero-order valence-corrected chi connectivity index (χ0v) is 17.0. The molecule has 0 heterocycles. The van der Waals surface area contributed by atoms with Gasteiger partial charge in [-0.1, -0.05) is 64.5 Å². The summed E-state index contributed by atoms with van der Waals surface area (Å²) in [5.41, 5.74) is 2.10. The zero-order chi connectivity index (χ0) is 19.6. The van der Waals surface area contributed by atoms with Gasteiger partial charge in [0, 0.05) is 0 Å². The average Bonchev–Trinajstić information content (AvgIpc) is 2.53. The number of ether oxygens (including phenoxy) is 1. The maximum absolute atomic E-state index is 12.7. The molecule has 0 bridgehead atoms. The van der Waals surface area contributed by atoms with E-state index in [9.17, 15) is 4.79 Å². The van der Waals surface area contributed by atoms with Gasteiger partial charge in [-0.3, -0.25) is 0 Å². The highest BCUT2D eigenvalue weighted by Gasteiger charge is 2.20. The van der Waals surface area contributed by atoms with E-state index in [1.165, 1.54) is 37.7 Å². The van der Waals surface area contributed by atoms with Crippen molar-refractivity contribution in [2.24, 2.45) is 0 Å². The highest BCUT2D eigenvalue weighted by Crippen LogP contribution is 2.21. The second-order valence-corrected chi connectivity index (χ2v) is 8.03. The van der Waals surface area contributed by atoms with Crippen LogP contribution >= 0.6 is 0 Å². The van der Waals surface area contributed by atoms with E-state index in [0.29, 0.717) is 11.6 Å². The van der Waals surface area contributed by atoms with Crippen LogP contribution in [0.3, 0.4) is 0 Å². The van der Waals surface area contributed by atoms with Crippen LogP contribution in [-0.4, -0.2) is 11.6 Å². The molecule has 0 amide bonds. The molecule has 0 aromatic heterocycles. The van der Waals surface area contributed by atoms with Crippen LogP contribution in [0.25, 0.3) is 0 Å². The summed E-state index contributed by atoms with van der Waals surface area (Å²) < 4.78 is 14.0. The summed E-state index contributed by atoms with van der Waals surface area (Å²) in [4.78, 5) is 12.7. The van der Waals surface area contributed by atoms with Crippen LogP contribution in [0.4, 0.5) is 0 Å². The first kappa shape index (κ1) is 20.0. The van der Waals surface area contributed by atoms with Crippen LogP contribution in [0.5, 0.6) is 0 Å². The third-order valence-electron chi connectivity index (χ3n) is 4.30. The van der Waals surface area contributed by atoms with Gasteiger partial charge in [-0.25, -0.2) is 4.79 Å². The summed E-state index contributed by atoms with van der Waals surface area (Å²) in [6, 6.07) is 4.33. The van der Waals surface area contributed by atoms with Gasteiger partial charge in [0.05, 0.1) is 6.93 Å². The number of aryl methyl sites for hydroxylation is 2. The highest BCUT2D eigenvalue weighted by atomic mass is 16.6. The molecular weight excluding hydrogens is 308 g/mol. The third-order valence-corrected chi connectivity index (χ3v) is 4.30. The lowest BCUT2D eigenvalue weighted by Crippen LogP contribution is -2.24. The molecule has 2 nitrogen and oxygen atoms in total. The van der Waals surface area contributed by atoms with E-state index >= 15 is 0 Å². The first-order valence-corrected chi connectivity index (χ1v) is 10.1. The number of benzene rings is 1. The highest BCUT2D eigenvalue weighted by molar-refractivity contribution is 5.91. The van der Waals surface area contributed by atoms with Gasteiger partial charge in [0.2, 0.25) is 0 Å². The normalized spacial score (nSPS) is 12.1. The van der Waals surface area contributed by atoms with Crippen molar-refractivity contribution in [1.82, 2.24) is 0 Å². The van der Waals surface area contributed by atoms with Gasteiger partial charge in [0.15, 0.2) is 0 Å². The standard InChI is InChI=1S/C23H38O2/c1-6-8-10-12-14-19-16-17-21(22(24)25-23(3,4)5)20(18-19)15-13-11-9-7-2/h16-18H,6-15H2,1-5H3/i17D. The predicted octanol–water partition coefficient (Wildman–Crippen LogP) is 6.89. The van der Waals surface area contributed by atoms with Gasteiger partial charge in [0.1, 0.15) is 5.60 Å². The Morgan fingerprint density at radius 1 is 1.00 bits per heavy atom. The minimum Gasteiger partial charge on any atom is -0.456 e. The van der Waals surface area contributed by atoms with Crippen molar-refractivity contribution >= 4 is 5.97 Å². The maximum atomic E-state index is 12.7. The Balaban J connectivity index is 2.98. The molecule has 2 heteroatoms. The fourth-order valence-electron chi connectivity index (χ4n) is 2.95. The van der Waals surface area contributed by atoms with Crippen LogP contribution < -0.4 is 0 Å². The van der Waals surface area contributed by atoms with Gasteiger partial charge >= 0.3 is 5.97 Å². The van der Waals surface area contributed by atoms with E-state index in [4.69, 9.17) is 6.11 Å². The molecule has 142 valence electrons. The second kappa shape index (κ2) is 11.3. The fraction of sp³-hybridized carbons (Fsp3) is 0.696. The third kappa shape index (κ3) is 9.09. The fourth-order valence-corrected chi connectivity index (χ4v) is 2.95. The smallest absolute Gasteiger partial charge is 0.338 e. The molecule has 0 N–H and O–H groups in total. The van der Waals surface area contributed by atoms with Gasteiger partial charge in [-0.05, 0) is 63.6 Å². The predicted molar refractivity (Wildman–Crippen MR) is 107 cm³/mol. The van der Waals surface area contributed by atoms with Crippen LogP contribution in [0.2, 0.25) is 0 Å². The maximum Gasteiger partial charge on any atom is 0.338 e. The van der Waals surface area contributed by atoms with E-state index in [-0.39, 0.29) is 5.97 Å². The van der Waals surface area contributed by atoms with Gasteiger partial charge in [0.25, 0.3) is 0 Å². The minimum atomic E-state index is -0.540. The molecule has 1 aromatic rings. The summed E-state index contributed by atoms with van der Waals surface area (Å²) in [5.74, 6) is -0.356. The van der Waals surface area contributed by atoms with Crippen molar-refractivity contribution in [3.05, 3.63) is 34.9 Å². The van der Waals surface area contributed by atoms with Crippen molar-refractivity contribution in [3.8, 4) is 0 Å². The first-order valence-electron chi connectivity index (χ1n) is 10.6. The Morgan fingerprint density at radius 3 is 2.16 bits per heavy atom. The molecule has 0 aliphatic rings. The van der Waals surface area contributed by atoms with E-state index in [1.807, 2.05) is 26.8 Å². The quantitative estimate of drug-likeness (QED) is 0.322. The average molecular weight is 348 g/mol. The summed E-state index contributed by atoms with van der Waals surface area (Å²) in [6.07, 6.45) is 11.3. The second-order valence-electron chi connectivity index (χ2n) is 8.03. The van der Waals surface area contributed by atoms with Crippen molar-refractivity contribution in [1.29, 1.82) is 0 Å². The van der Waals surface area contributed by atoms with E-state index < -0.39 is 5.60 Å². The van der Waals surface area contributed by atoms with Gasteiger partial charge in [-0.15, -0.1) is 0 Å². The Labute approximate surface area is 156 Å². The number of carbonyl (C=O) groups is 1. The summed E-state index contributed by atoms with van der Waals surface area (Å²) in [5, 5.41) is 0. The van der Waals surface area contributed by atoms with Crippen molar-refractivity contribution in [2.75, 3.05) is 0 Å². The molecule has 1 aromatic carbocycles. The molecule has 1 rings (SSSR count). The molecule has 0 fully saturated rings. The summed E-state index contributed by atoms with van der Waals surface area (Å²) in [6.45, 7) is 10.0. The molecular formula is C23H38O2. The van der Waals surface area contributed by atoms with E-state index in [1.54, 1.807) is 0 Å². The van der Waals surface area contributed by atoms with Crippen molar-refractivity contribution in [2.45, 2.75) is 104 Å². The van der Waals surface area contributed by atoms with Crippen molar-refractivity contribution in [3.63, 3.8) is 0 Å². The molecule has 0 aliphatic carbocycles. The summed E-state index contributed by atoms with van der Waals surface area (Å²) in [7, 11) is 0. The van der Waals surface area contributed by atoms with E-state index in [2.05, 4.69) is 19.9 Å². The zero-order valence-electron chi connectivity index (χ0n) is 18.0. The summed E-state index contributed by atoms with van der Waals surface area (Å²) >= 11 is 0. The number of esters is 1. The Kier molecular flexibility index (Phi) is 9.07. The molecule has 25 heavy (non-hydrogen) atoms. The van der Waals surface area contributed by atoms with Crippen LogP contribution in [-0.2, 0) is 17.6 Å². The number of unbranched alkanes of at least 4 members (excludes halogenated alkanes) is 6. The Hall–Kier alpha value is -1.31.